The van der Waals surface area contributed by atoms with Gasteiger partial charge in [0.25, 0.3) is 0 Å². The third-order valence-electron chi connectivity index (χ3n) is 4.38. The molecule has 0 saturated carbocycles. The first kappa shape index (κ1) is 16.2. The van der Waals surface area contributed by atoms with Crippen LogP contribution in [0, 0.1) is 0 Å². The summed E-state index contributed by atoms with van der Waals surface area (Å²) >= 11 is 0. The van der Waals surface area contributed by atoms with Crippen LogP contribution < -0.4 is 9.47 Å². The number of nitrogens with zero attached hydrogens (tertiary/aromatic N) is 1. The molecule has 0 radical (unpaired) electrons. The van der Waals surface area contributed by atoms with Crippen molar-refractivity contribution in [2.45, 2.75) is 25.7 Å². The highest BCUT2D eigenvalue weighted by Crippen LogP contribution is 2.37. The minimum atomic E-state index is 0. The van der Waals surface area contributed by atoms with Gasteiger partial charge in [-0.15, -0.1) is 12.4 Å². The van der Waals surface area contributed by atoms with Crippen LogP contribution in [0.3, 0.4) is 0 Å². The van der Waals surface area contributed by atoms with E-state index in [1.807, 2.05) is 12.1 Å². The molecule has 4 heteroatoms. The molecule has 0 atom stereocenters. The molecule has 2 aliphatic rings. The van der Waals surface area contributed by atoms with Crippen LogP contribution in [0.1, 0.15) is 30.4 Å². The van der Waals surface area contributed by atoms with Crippen LogP contribution in [0.25, 0.3) is 6.08 Å². The molecule has 1 aromatic rings. The molecule has 3 rings (SSSR count). The van der Waals surface area contributed by atoms with Crippen LogP contribution >= 0.6 is 12.4 Å². The first-order chi connectivity index (χ1) is 9.81. The maximum atomic E-state index is 5.52. The lowest BCUT2D eigenvalue weighted by Crippen LogP contribution is -2.23. The molecule has 21 heavy (non-hydrogen) atoms. The lowest BCUT2D eigenvalue weighted by atomic mass is 9.90. The molecule has 0 amide bonds. The number of halogens is 1. The summed E-state index contributed by atoms with van der Waals surface area (Å²) in [5.74, 6) is 1.94. The smallest absolute Gasteiger partial charge is 0.126 e. The Hall–Kier alpha value is -1.19. The van der Waals surface area contributed by atoms with Gasteiger partial charge in [-0.2, -0.15) is 0 Å². The van der Waals surface area contributed by atoms with Crippen molar-refractivity contribution in [1.82, 2.24) is 4.90 Å². The van der Waals surface area contributed by atoms with E-state index in [1.54, 1.807) is 14.2 Å². The summed E-state index contributed by atoms with van der Waals surface area (Å²) in [5, 5.41) is 0. The van der Waals surface area contributed by atoms with Crippen LogP contribution in [-0.4, -0.2) is 38.8 Å². The quantitative estimate of drug-likeness (QED) is 0.849. The lowest BCUT2D eigenvalue weighted by Gasteiger charge is -2.24. The van der Waals surface area contributed by atoms with Crippen molar-refractivity contribution in [2.24, 2.45) is 0 Å². The van der Waals surface area contributed by atoms with E-state index < -0.39 is 0 Å². The molecule has 116 valence electrons. The van der Waals surface area contributed by atoms with Gasteiger partial charge in [0.05, 0.1) is 14.2 Å². The second-order valence-corrected chi connectivity index (χ2v) is 5.65. The summed E-state index contributed by atoms with van der Waals surface area (Å²) in [5.41, 5.74) is 4.02. The van der Waals surface area contributed by atoms with Crippen LogP contribution in [-0.2, 0) is 6.42 Å². The summed E-state index contributed by atoms with van der Waals surface area (Å²) in [6, 6.07) is 4.02. The zero-order valence-corrected chi connectivity index (χ0v) is 13.7. The fourth-order valence-electron chi connectivity index (χ4n) is 3.32. The second-order valence-electron chi connectivity index (χ2n) is 5.65. The van der Waals surface area contributed by atoms with Crippen LogP contribution in [0.5, 0.6) is 11.5 Å². The van der Waals surface area contributed by atoms with E-state index in [9.17, 15) is 0 Å². The zero-order valence-electron chi connectivity index (χ0n) is 12.9. The molecule has 0 unspecified atom stereocenters. The van der Waals surface area contributed by atoms with Gasteiger partial charge >= 0.3 is 0 Å². The monoisotopic (exact) mass is 309 g/mol. The van der Waals surface area contributed by atoms with E-state index in [0.717, 1.165) is 30.9 Å². The number of ether oxygens (including phenoxy) is 2. The van der Waals surface area contributed by atoms with Crippen molar-refractivity contribution >= 4 is 18.5 Å². The molecule has 0 N–H and O–H groups in total. The minimum absolute atomic E-state index is 0. The lowest BCUT2D eigenvalue weighted by molar-refractivity contribution is 0.364. The molecule has 1 heterocycles. The Morgan fingerprint density at radius 3 is 2.33 bits per heavy atom. The number of benzene rings is 1. The van der Waals surface area contributed by atoms with Crippen molar-refractivity contribution in [1.29, 1.82) is 0 Å². The first-order valence-corrected chi connectivity index (χ1v) is 7.47. The molecular weight excluding hydrogens is 286 g/mol. The molecule has 0 spiro atoms. The van der Waals surface area contributed by atoms with Crippen molar-refractivity contribution in [3.05, 3.63) is 28.8 Å². The van der Waals surface area contributed by atoms with E-state index in [2.05, 4.69) is 11.0 Å². The van der Waals surface area contributed by atoms with Gasteiger partial charge in [-0.1, -0.05) is 11.6 Å². The van der Waals surface area contributed by atoms with Gasteiger partial charge in [-0.05, 0) is 50.9 Å². The molecule has 1 aromatic carbocycles. The van der Waals surface area contributed by atoms with Gasteiger partial charge in [0.15, 0.2) is 0 Å². The number of methoxy groups -OCH3 is 2. The zero-order chi connectivity index (χ0) is 13.9. The number of hydrogen-bond donors (Lipinski definition) is 0. The standard InChI is InChI=1S/C17H23NO2.ClH/c1-19-16-7-8-17(20-2)15-11-13(5-6-14(15)16)12-18-9-3-4-10-18;/h7-8,11H,3-6,9-10,12H2,1-2H3;1H. The highest BCUT2D eigenvalue weighted by molar-refractivity contribution is 5.85. The molecular formula is C17H24ClNO2. The maximum absolute atomic E-state index is 5.52. The summed E-state index contributed by atoms with van der Waals surface area (Å²) in [6.07, 6.45) is 7.20. The van der Waals surface area contributed by atoms with Crippen molar-refractivity contribution in [3.8, 4) is 11.5 Å². The summed E-state index contributed by atoms with van der Waals surface area (Å²) in [6.45, 7) is 3.61. The molecule has 0 aromatic heterocycles. The Labute approximate surface area is 133 Å². The van der Waals surface area contributed by atoms with Crippen LogP contribution in [0.2, 0.25) is 0 Å². The predicted octanol–water partition coefficient (Wildman–Crippen LogP) is 3.55. The summed E-state index contributed by atoms with van der Waals surface area (Å²) in [7, 11) is 3.48. The molecule has 0 bridgehead atoms. The van der Waals surface area contributed by atoms with Crippen molar-refractivity contribution in [2.75, 3.05) is 33.9 Å². The van der Waals surface area contributed by atoms with Gasteiger partial charge in [0.1, 0.15) is 11.5 Å². The number of likely N-dealkylation sites (tertiary alicyclic amines) is 1. The Kier molecular flexibility index (Phi) is 5.54. The van der Waals surface area contributed by atoms with Crippen LogP contribution in [0.15, 0.2) is 17.7 Å². The first-order valence-electron chi connectivity index (χ1n) is 7.47. The second kappa shape index (κ2) is 7.19. The molecule has 1 fully saturated rings. The average molecular weight is 310 g/mol. The van der Waals surface area contributed by atoms with E-state index in [-0.39, 0.29) is 12.4 Å². The van der Waals surface area contributed by atoms with Gasteiger partial charge in [0.2, 0.25) is 0 Å². The van der Waals surface area contributed by atoms with Crippen molar-refractivity contribution < 1.29 is 9.47 Å². The molecule has 1 aliphatic carbocycles. The SMILES string of the molecule is COc1ccc(OC)c2c1C=C(CN1CCCC1)CC2.Cl. The number of rotatable bonds is 4. The highest BCUT2D eigenvalue weighted by atomic mass is 35.5. The topological polar surface area (TPSA) is 21.7 Å². The Balaban J connectivity index is 0.00000161. The van der Waals surface area contributed by atoms with E-state index >= 15 is 0 Å². The Morgan fingerprint density at radius 2 is 1.67 bits per heavy atom. The average Bonchev–Trinajstić information content (AvgIpc) is 2.99. The Morgan fingerprint density at radius 1 is 1.00 bits per heavy atom. The number of fused-ring (bicyclic) bond motifs is 1. The third-order valence-corrected chi connectivity index (χ3v) is 4.38. The van der Waals surface area contributed by atoms with Crippen molar-refractivity contribution in [3.63, 3.8) is 0 Å². The molecule has 1 aliphatic heterocycles. The minimum Gasteiger partial charge on any atom is -0.496 e. The van der Waals surface area contributed by atoms with E-state index in [1.165, 1.54) is 42.6 Å². The third kappa shape index (κ3) is 3.35. The van der Waals surface area contributed by atoms with Crippen LogP contribution in [0.4, 0.5) is 0 Å². The summed E-state index contributed by atoms with van der Waals surface area (Å²) in [4.78, 5) is 2.56. The van der Waals surface area contributed by atoms with Gasteiger partial charge in [0, 0.05) is 17.7 Å². The maximum Gasteiger partial charge on any atom is 0.126 e. The van der Waals surface area contributed by atoms with Gasteiger partial charge in [-0.3, -0.25) is 4.90 Å². The van der Waals surface area contributed by atoms with Gasteiger partial charge < -0.3 is 9.47 Å². The largest absolute Gasteiger partial charge is 0.496 e. The van der Waals surface area contributed by atoms with E-state index in [0.29, 0.717) is 0 Å². The molecule has 3 nitrogen and oxygen atoms in total. The van der Waals surface area contributed by atoms with Gasteiger partial charge in [-0.25, -0.2) is 0 Å². The van der Waals surface area contributed by atoms with E-state index in [4.69, 9.17) is 9.47 Å². The predicted molar refractivity (Wildman–Crippen MR) is 88.8 cm³/mol. The normalized spacial score (nSPS) is 17.7. The Bertz CT molecular complexity index is 522. The fraction of sp³-hybridized carbons (Fsp3) is 0.529. The highest BCUT2D eigenvalue weighted by Gasteiger charge is 2.20. The molecule has 1 saturated heterocycles. The number of hydrogen-bond acceptors (Lipinski definition) is 3. The fourth-order valence-corrected chi connectivity index (χ4v) is 3.32. The summed E-state index contributed by atoms with van der Waals surface area (Å²) < 4.78 is 11.0.